The van der Waals surface area contributed by atoms with Crippen molar-refractivity contribution in [2.24, 2.45) is 0 Å². The molecular formula is C18H25N3O3. The van der Waals surface area contributed by atoms with E-state index in [1.807, 2.05) is 54.3 Å². The lowest BCUT2D eigenvalue weighted by Crippen LogP contribution is -2.47. The standard InChI is InChI=1S/C18H25N3O3/c1-15-9-19-21(10-15)13-18-12-20(7-8-23-18)11-16(22)14-24-17-5-3-2-4-6-17/h2-6,9-10,16,18,22H,7-8,11-14H2,1H3/t16-,18+/m1/s1. The molecule has 3 rings (SSSR count). The Labute approximate surface area is 142 Å². The molecular weight excluding hydrogens is 306 g/mol. The van der Waals surface area contributed by atoms with Crippen molar-refractivity contribution in [3.8, 4) is 5.75 Å². The molecule has 1 fully saturated rings. The van der Waals surface area contributed by atoms with Gasteiger partial charge in [0, 0.05) is 25.8 Å². The summed E-state index contributed by atoms with van der Waals surface area (Å²) in [7, 11) is 0. The molecule has 6 nitrogen and oxygen atoms in total. The Kier molecular flexibility index (Phi) is 5.85. The van der Waals surface area contributed by atoms with Crippen LogP contribution in [0.2, 0.25) is 0 Å². The number of nitrogens with zero attached hydrogens (tertiary/aromatic N) is 3. The third-order valence-electron chi connectivity index (χ3n) is 4.03. The zero-order valence-corrected chi connectivity index (χ0v) is 14.0. The third kappa shape index (κ3) is 5.06. The zero-order chi connectivity index (χ0) is 16.8. The highest BCUT2D eigenvalue weighted by Gasteiger charge is 2.23. The van der Waals surface area contributed by atoms with Crippen LogP contribution in [-0.2, 0) is 11.3 Å². The highest BCUT2D eigenvalue weighted by molar-refractivity contribution is 5.20. The van der Waals surface area contributed by atoms with Gasteiger partial charge in [0.15, 0.2) is 0 Å². The van der Waals surface area contributed by atoms with Gasteiger partial charge >= 0.3 is 0 Å². The molecule has 1 aromatic heterocycles. The van der Waals surface area contributed by atoms with E-state index in [1.165, 1.54) is 0 Å². The van der Waals surface area contributed by atoms with Crippen LogP contribution in [0.3, 0.4) is 0 Å². The van der Waals surface area contributed by atoms with Crippen LogP contribution >= 0.6 is 0 Å². The van der Waals surface area contributed by atoms with E-state index in [9.17, 15) is 5.11 Å². The SMILES string of the molecule is Cc1cnn(C[C@@H]2CN(C[C@@H](O)COc3ccccc3)CCO2)c1. The van der Waals surface area contributed by atoms with Crippen molar-refractivity contribution in [3.63, 3.8) is 0 Å². The maximum atomic E-state index is 10.2. The van der Waals surface area contributed by atoms with Crippen molar-refractivity contribution < 1.29 is 14.6 Å². The molecule has 1 aromatic carbocycles. The van der Waals surface area contributed by atoms with Crippen LogP contribution in [0.25, 0.3) is 0 Å². The molecule has 24 heavy (non-hydrogen) atoms. The first-order valence-electron chi connectivity index (χ1n) is 8.38. The number of morpholine rings is 1. The number of aryl methyl sites for hydroxylation is 1. The number of aliphatic hydroxyl groups excluding tert-OH is 1. The fourth-order valence-corrected chi connectivity index (χ4v) is 2.89. The number of hydrogen-bond donors (Lipinski definition) is 1. The quantitative estimate of drug-likeness (QED) is 0.829. The van der Waals surface area contributed by atoms with E-state index < -0.39 is 6.10 Å². The fourth-order valence-electron chi connectivity index (χ4n) is 2.89. The van der Waals surface area contributed by atoms with Gasteiger partial charge in [0.25, 0.3) is 0 Å². The van der Waals surface area contributed by atoms with E-state index in [0.717, 1.165) is 30.9 Å². The summed E-state index contributed by atoms with van der Waals surface area (Å²) in [5.41, 5.74) is 1.15. The lowest BCUT2D eigenvalue weighted by molar-refractivity contribution is -0.0517. The molecule has 2 atom stereocenters. The van der Waals surface area contributed by atoms with Crippen molar-refractivity contribution >= 4 is 0 Å². The second-order valence-electron chi connectivity index (χ2n) is 6.27. The van der Waals surface area contributed by atoms with E-state index >= 15 is 0 Å². The first kappa shape index (κ1) is 17.0. The average Bonchev–Trinajstić information content (AvgIpc) is 2.99. The van der Waals surface area contributed by atoms with Gasteiger partial charge in [-0.15, -0.1) is 0 Å². The van der Waals surface area contributed by atoms with Crippen molar-refractivity contribution in [2.75, 3.05) is 32.8 Å². The van der Waals surface area contributed by atoms with Crippen LogP contribution in [-0.4, -0.2) is 64.8 Å². The molecule has 2 aromatic rings. The molecule has 1 N–H and O–H groups in total. The summed E-state index contributed by atoms with van der Waals surface area (Å²) in [5.74, 6) is 0.783. The fraction of sp³-hybridized carbons (Fsp3) is 0.500. The van der Waals surface area contributed by atoms with Gasteiger partial charge in [-0.05, 0) is 24.6 Å². The minimum Gasteiger partial charge on any atom is -0.491 e. The highest BCUT2D eigenvalue weighted by Crippen LogP contribution is 2.11. The van der Waals surface area contributed by atoms with E-state index in [2.05, 4.69) is 10.00 Å². The van der Waals surface area contributed by atoms with E-state index in [4.69, 9.17) is 9.47 Å². The predicted molar refractivity (Wildman–Crippen MR) is 91.1 cm³/mol. The Hall–Kier alpha value is -1.89. The largest absolute Gasteiger partial charge is 0.491 e. The minimum atomic E-state index is -0.518. The molecule has 1 saturated heterocycles. The number of benzene rings is 1. The summed E-state index contributed by atoms with van der Waals surface area (Å²) in [5, 5.41) is 14.5. The van der Waals surface area contributed by atoms with Crippen LogP contribution in [0.5, 0.6) is 5.75 Å². The van der Waals surface area contributed by atoms with Gasteiger partial charge in [-0.25, -0.2) is 0 Å². The lowest BCUT2D eigenvalue weighted by atomic mass is 10.2. The summed E-state index contributed by atoms with van der Waals surface area (Å²) in [6.45, 7) is 5.95. The Morgan fingerprint density at radius 1 is 1.38 bits per heavy atom. The first-order chi connectivity index (χ1) is 11.7. The predicted octanol–water partition coefficient (Wildman–Crippen LogP) is 1.33. The van der Waals surface area contributed by atoms with Crippen LogP contribution < -0.4 is 4.74 Å². The zero-order valence-electron chi connectivity index (χ0n) is 14.0. The van der Waals surface area contributed by atoms with Crippen LogP contribution in [0.1, 0.15) is 5.56 Å². The molecule has 1 aliphatic heterocycles. The summed E-state index contributed by atoms with van der Waals surface area (Å²) in [6.07, 6.45) is 3.45. The van der Waals surface area contributed by atoms with Crippen LogP contribution in [0, 0.1) is 6.92 Å². The summed E-state index contributed by atoms with van der Waals surface area (Å²) in [6, 6.07) is 9.57. The van der Waals surface area contributed by atoms with Crippen LogP contribution in [0.4, 0.5) is 0 Å². The Balaban J connectivity index is 1.42. The number of rotatable bonds is 7. The lowest BCUT2D eigenvalue weighted by Gasteiger charge is -2.33. The van der Waals surface area contributed by atoms with E-state index in [1.54, 1.807) is 0 Å². The topological polar surface area (TPSA) is 59.8 Å². The number of β-amino-alcohol motifs (C(OH)–C–C–N with tert-alkyl or cyclic N) is 1. The average molecular weight is 331 g/mol. The van der Waals surface area contributed by atoms with Gasteiger partial charge < -0.3 is 14.6 Å². The minimum absolute atomic E-state index is 0.0975. The van der Waals surface area contributed by atoms with Crippen molar-refractivity contribution in [3.05, 3.63) is 48.3 Å². The summed E-state index contributed by atoms with van der Waals surface area (Å²) < 4.78 is 13.3. The molecule has 0 unspecified atom stereocenters. The van der Waals surface area contributed by atoms with Gasteiger partial charge in [0.2, 0.25) is 0 Å². The number of aliphatic hydroxyl groups is 1. The van der Waals surface area contributed by atoms with Crippen molar-refractivity contribution in [1.29, 1.82) is 0 Å². The van der Waals surface area contributed by atoms with Crippen molar-refractivity contribution in [2.45, 2.75) is 25.7 Å². The van der Waals surface area contributed by atoms with E-state index in [-0.39, 0.29) is 6.10 Å². The van der Waals surface area contributed by atoms with Crippen molar-refractivity contribution in [1.82, 2.24) is 14.7 Å². The number of aromatic nitrogens is 2. The smallest absolute Gasteiger partial charge is 0.119 e. The Morgan fingerprint density at radius 3 is 2.96 bits per heavy atom. The van der Waals surface area contributed by atoms with Gasteiger partial charge in [-0.1, -0.05) is 18.2 Å². The van der Waals surface area contributed by atoms with E-state index in [0.29, 0.717) is 19.8 Å². The van der Waals surface area contributed by atoms with Crippen LogP contribution in [0.15, 0.2) is 42.7 Å². The molecule has 0 aliphatic carbocycles. The summed E-state index contributed by atoms with van der Waals surface area (Å²) in [4.78, 5) is 2.23. The molecule has 0 bridgehead atoms. The van der Waals surface area contributed by atoms with Gasteiger partial charge in [0.1, 0.15) is 18.5 Å². The molecule has 0 radical (unpaired) electrons. The maximum absolute atomic E-state index is 10.2. The monoisotopic (exact) mass is 331 g/mol. The molecule has 0 saturated carbocycles. The highest BCUT2D eigenvalue weighted by atomic mass is 16.5. The molecule has 6 heteroatoms. The third-order valence-corrected chi connectivity index (χ3v) is 4.03. The van der Waals surface area contributed by atoms with Gasteiger partial charge in [-0.3, -0.25) is 9.58 Å². The molecule has 2 heterocycles. The normalized spacial score (nSPS) is 20.0. The number of ether oxygens (including phenoxy) is 2. The number of para-hydroxylation sites is 1. The number of hydrogen-bond acceptors (Lipinski definition) is 5. The maximum Gasteiger partial charge on any atom is 0.119 e. The Bertz CT molecular complexity index is 617. The Morgan fingerprint density at radius 2 is 2.21 bits per heavy atom. The molecule has 1 aliphatic rings. The molecule has 130 valence electrons. The van der Waals surface area contributed by atoms with Gasteiger partial charge in [-0.2, -0.15) is 5.10 Å². The molecule has 0 amide bonds. The second kappa shape index (κ2) is 8.28. The second-order valence-corrected chi connectivity index (χ2v) is 6.27. The summed E-state index contributed by atoms with van der Waals surface area (Å²) >= 11 is 0. The van der Waals surface area contributed by atoms with Gasteiger partial charge in [0.05, 0.1) is 25.5 Å². The first-order valence-corrected chi connectivity index (χ1v) is 8.38. The molecule has 0 spiro atoms.